The van der Waals surface area contributed by atoms with Crippen LogP contribution in [0.15, 0.2) is 60.7 Å². The van der Waals surface area contributed by atoms with Crippen molar-refractivity contribution in [2.75, 3.05) is 6.16 Å². The van der Waals surface area contributed by atoms with Crippen molar-refractivity contribution >= 4 is 42.9 Å². The summed E-state index contributed by atoms with van der Waals surface area (Å²) in [5, 5.41) is 3.06. The first-order valence-corrected chi connectivity index (χ1v) is 9.75. The molecule has 2 saturated carbocycles. The lowest BCUT2D eigenvalue weighted by Gasteiger charge is -2.18. The molecular formula is C18H18BBrP. The summed E-state index contributed by atoms with van der Waals surface area (Å²) in [7, 11) is -0.186. The van der Waals surface area contributed by atoms with Crippen LogP contribution < -0.4 is 10.6 Å². The van der Waals surface area contributed by atoms with Gasteiger partial charge in [-0.25, -0.2) is 0 Å². The molecule has 2 aromatic carbocycles. The topological polar surface area (TPSA) is 0 Å². The van der Waals surface area contributed by atoms with Crippen molar-refractivity contribution in [2.45, 2.75) is 17.7 Å². The van der Waals surface area contributed by atoms with Crippen molar-refractivity contribution in [1.82, 2.24) is 0 Å². The SMILES string of the molecule is Br[C@@H]1C[C@@]12C[C@@H]2CP(c1ccccc1)c1ccccc1.[B]. The fourth-order valence-electron chi connectivity index (χ4n) is 3.35. The summed E-state index contributed by atoms with van der Waals surface area (Å²) in [6.07, 6.45) is 4.22. The standard InChI is InChI=1S/C18H18BrP.B/c19-17-12-18(17)11-14(18)13-20(15-7-3-1-4-8-15)16-9-5-2-6-10-16;/h1-10,14,17H,11-13H2;/t14-,17-,18-;/m1./s1. The monoisotopic (exact) mass is 355 g/mol. The number of benzene rings is 2. The number of halogens is 1. The minimum atomic E-state index is -0.186. The molecule has 0 unspecified atom stereocenters. The number of hydrogen-bond donors (Lipinski definition) is 0. The summed E-state index contributed by atoms with van der Waals surface area (Å²) in [6, 6.07) is 22.2. The van der Waals surface area contributed by atoms with Gasteiger partial charge in [-0.15, -0.1) is 0 Å². The summed E-state index contributed by atoms with van der Waals surface area (Å²) in [5.41, 5.74) is 0.699. The van der Waals surface area contributed by atoms with Gasteiger partial charge in [0.25, 0.3) is 0 Å². The van der Waals surface area contributed by atoms with Crippen molar-refractivity contribution in [1.29, 1.82) is 0 Å². The molecular weight excluding hydrogens is 338 g/mol. The average molecular weight is 356 g/mol. The van der Waals surface area contributed by atoms with Gasteiger partial charge in [-0.2, -0.15) is 0 Å². The van der Waals surface area contributed by atoms with Crippen LogP contribution in [0, 0.1) is 11.3 Å². The van der Waals surface area contributed by atoms with Crippen LogP contribution in [0.4, 0.5) is 0 Å². The zero-order valence-electron chi connectivity index (χ0n) is 12.0. The molecule has 21 heavy (non-hydrogen) atoms. The van der Waals surface area contributed by atoms with Crippen molar-refractivity contribution < 1.29 is 0 Å². The molecule has 3 radical (unpaired) electrons. The van der Waals surface area contributed by atoms with Gasteiger partial charge in [0.15, 0.2) is 0 Å². The molecule has 4 rings (SSSR count). The zero-order valence-corrected chi connectivity index (χ0v) is 14.4. The first-order valence-electron chi connectivity index (χ1n) is 7.31. The second-order valence-corrected chi connectivity index (χ2v) is 9.45. The van der Waals surface area contributed by atoms with E-state index in [4.69, 9.17) is 0 Å². The molecule has 3 atom stereocenters. The molecule has 0 aromatic heterocycles. The molecule has 105 valence electrons. The Morgan fingerprint density at radius 3 is 1.76 bits per heavy atom. The van der Waals surface area contributed by atoms with Gasteiger partial charge >= 0.3 is 0 Å². The van der Waals surface area contributed by atoms with Crippen molar-refractivity contribution in [3.8, 4) is 0 Å². The van der Waals surface area contributed by atoms with Gasteiger partial charge in [0.1, 0.15) is 0 Å². The minimum Gasteiger partial charge on any atom is -0.0884 e. The van der Waals surface area contributed by atoms with Crippen molar-refractivity contribution in [3.63, 3.8) is 0 Å². The van der Waals surface area contributed by atoms with Crippen LogP contribution >= 0.6 is 23.9 Å². The fraction of sp³-hybridized carbons (Fsp3) is 0.333. The maximum Gasteiger partial charge on any atom is 0.0211 e. The molecule has 0 amide bonds. The lowest BCUT2D eigenvalue weighted by Crippen LogP contribution is -2.15. The molecule has 0 bridgehead atoms. The third-order valence-corrected chi connectivity index (χ3v) is 8.73. The maximum absolute atomic E-state index is 3.82. The lowest BCUT2D eigenvalue weighted by atomic mass is 10.3. The third-order valence-electron chi connectivity index (χ3n) is 4.84. The summed E-state index contributed by atoms with van der Waals surface area (Å²) in [4.78, 5) is 0.809. The highest BCUT2D eigenvalue weighted by Gasteiger charge is 2.69. The Kier molecular flexibility index (Phi) is 4.30. The smallest absolute Gasteiger partial charge is 0.0211 e. The second kappa shape index (κ2) is 5.90. The van der Waals surface area contributed by atoms with Crippen molar-refractivity contribution in [3.05, 3.63) is 60.7 Å². The highest BCUT2D eigenvalue weighted by molar-refractivity contribution is 9.09. The number of rotatable bonds is 4. The Balaban J connectivity index is 0.00000132. The van der Waals surface area contributed by atoms with Crippen LogP contribution in [0.3, 0.4) is 0 Å². The molecule has 2 aromatic rings. The van der Waals surface area contributed by atoms with Gasteiger partial charge in [-0.1, -0.05) is 76.6 Å². The Morgan fingerprint density at radius 2 is 1.38 bits per heavy atom. The first kappa shape index (κ1) is 15.3. The molecule has 2 fully saturated rings. The van der Waals surface area contributed by atoms with E-state index in [1.54, 1.807) is 0 Å². The molecule has 0 N–H and O–H groups in total. The van der Waals surface area contributed by atoms with Gasteiger partial charge in [-0.05, 0) is 48.9 Å². The van der Waals surface area contributed by atoms with Crippen molar-refractivity contribution in [2.24, 2.45) is 11.3 Å². The average Bonchev–Trinajstić information content (AvgIpc) is 3.37. The summed E-state index contributed by atoms with van der Waals surface area (Å²) in [6.45, 7) is 0. The van der Waals surface area contributed by atoms with E-state index in [1.165, 1.54) is 29.6 Å². The van der Waals surface area contributed by atoms with Gasteiger partial charge in [-0.3, -0.25) is 0 Å². The predicted octanol–water partition coefficient (Wildman–Crippen LogP) is 3.91. The zero-order chi connectivity index (χ0) is 13.6. The Hall–Kier alpha value is -0.585. The van der Waals surface area contributed by atoms with E-state index in [2.05, 4.69) is 76.6 Å². The molecule has 3 heteroatoms. The van der Waals surface area contributed by atoms with Crippen LogP contribution in [0.5, 0.6) is 0 Å². The Labute approximate surface area is 138 Å². The van der Waals surface area contributed by atoms with Crippen LogP contribution in [0.1, 0.15) is 12.8 Å². The highest BCUT2D eigenvalue weighted by atomic mass is 79.9. The molecule has 1 spiro atoms. The van der Waals surface area contributed by atoms with E-state index in [9.17, 15) is 0 Å². The lowest BCUT2D eigenvalue weighted by molar-refractivity contribution is 0.784. The minimum absolute atomic E-state index is 0. The van der Waals surface area contributed by atoms with Crippen LogP contribution in [0.25, 0.3) is 0 Å². The van der Waals surface area contributed by atoms with E-state index in [-0.39, 0.29) is 16.3 Å². The van der Waals surface area contributed by atoms with E-state index >= 15 is 0 Å². The second-order valence-electron chi connectivity index (χ2n) is 6.09. The molecule has 2 aliphatic carbocycles. The maximum atomic E-state index is 3.82. The Bertz CT molecular complexity index is 564. The first-order chi connectivity index (χ1) is 9.79. The van der Waals surface area contributed by atoms with E-state index in [0.29, 0.717) is 5.41 Å². The van der Waals surface area contributed by atoms with E-state index in [0.717, 1.165) is 10.7 Å². The van der Waals surface area contributed by atoms with Gasteiger partial charge in [0.2, 0.25) is 0 Å². The van der Waals surface area contributed by atoms with Crippen LogP contribution in [-0.2, 0) is 0 Å². The number of hydrogen-bond acceptors (Lipinski definition) is 0. The highest BCUT2D eigenvalue weighted by Crippen LogP contribution is 2.75. The third kappa shape index (κ3) is 2.85. The predicted molar refractivity (Wildman–Crippen MR) is 97.6 cm³/mol. The molecule has 0 heterocycles. The molecule has 0 nitrogen and oxygen atoms in total. The molecule has 2 aliphatic rings. The molecule has 0 saturated heterocycles. The summed E-state index contributed by atoms with van der Waals surface area (Å²) >= 11 is 3.82. The fourth-order valence-corrected chi connectivity index (χ4v) is 7.23. The van der Waals surface area contributed by atoms with E-state index in [1.807, 2.05) is 0 Å². The van der Waals surface area contributed by atoms with Gasteiger partial charge in [0.05, 0.1) is 0 Å². The molecule has 0 aliphatic heterocycles. The van der Waals surface area contributed by atoms with Crippen LogP contribution in [0.2, 0.25) is 0 Å². The number of alkyl halides is 1. The quantitative estimate of drug-likeness (QED) is 0.443. The van der Waals surface area contributed by atoms with Gasteiger partial charge in [0, 0.05) is 13.2 Å². The summed E-state index contributed by atoms with van der Waals surface area (Å²) < 4.78 is 0. The Morgan fingerprint density at radius 1 is 0.905 bits per heavy atom. The largest absolute Gasteiger partial charge is 0.0884 e. The van der Waals surface area contributed by atoms with Gasteiger partial charge < -0.3 is 0 Å². The summed E-state index contributed by atoms with van der Waals surface area (Å²) in [5.74, 6) is 0.943. The normalized spacial score (nSPS) is 29.2. The van der Waals surface area contributed by atoms with Crippen LogP contribution in [-0.4, -0.2) is 19.4 Å². The van der Waals surface area contributed by atoms with E-state index < -0.39 is 0 Å².